The third kappa shape index (κ3) is 4.18. The van der Waals surface area contributed by atoms with E-state index in [0.29, 0.717) is 6.04 Å². The molecule has 1 unspecified atom stereocenters. The molecule has 0 aromatic carbocycles. The van der Waals surface area contributed by atoms with E-state index in [1.54, 1.807) is 11.3 Å². The first-order valence-electron chi connectivity index (χ1n) is 7.10. The zero-order valence-corrected chi connectivity index (χ0v) is 12.6. The van der Waals surface area contributed by atoms with E-state index in [9.17, 15) is 0 Å². The Bertz CT molecular complexity index is 461. The minimum Gasteiger partial charge on any atom is -0.349 e. The molecule has 2 aromatic heterocycles. The van der Waals surface area contributed by atoms with Crippen molar-refractivity contribution in [2.24, 2.45) is 0 Å². The van der Waals surface area contributed by atoms with E-state index >= 15 is 0 Å². The minimum atomic E-state index is 0.493. The van der Waals surface area contributed by atoms with Gasteiger partial charge in [0.25, 0.3) is 0 Å². The van der Waals surface area contributed by atoms with Crippen LogP contribution in [0.4, 0.5) is 0 Å². The number of thiazole rings is 1. The Morgan fingerprint density at radius 2 is 2.26 bits per heavy atom. The second-order valence-corrected chi connectivity index (χ2v) is 5.85. The lowest BCUT2D eigenvalue weighted by Gasteiger charge is -2.16. The molecule has 0 aliphatic carbocycles. The molecule has 0 saturated carbocycles. The van der Waals surface area contributed by atoms with Gasteiger partial charge >= 0.3 is 0 Å². The molecule has 0 saturated heterocycles. The van der Waals surface area contributed by atoms with Gasteiger partial charge in [-0.1, -0.05) is 20.3 Å². The molecular weight excluding hydrogens is 254 g/mol. The van der Waals surface area contributed by atoms with E-state index in [1.165, 1.54) is 29.7 Å². The number of nitrogens with zero attached hydrogens (tertiary/aromatic N) is 2. The average molecular weight is 277 g/mol. The third-order valence-corrected chi connectivity index (χ3v) is 3.98. The molecule has 0 fully saturated rings. The van der Waals surface area contributed by atoms with Crippen molar-refractivity contribution in [3.63, 3.8) is 0 Å². The van der Waals surface area contributed by atoms with Crippen LogP contribution in [0.3, 0.4) is 0 Å². The number of aromatic nitrogens is 2. The van der Waals surface area contributed by atoms with Crippen molar-refractivity contribution in [1.29, 1.82) is 0 Å². The van der Waals surface area contributed by atoms with Crippen molar-refractivity contribution < 1.29 is 0 Å². The highest BCUT2D eigenvalue weighted by atomic mass is 32.1. The first-order chi connectivity index (χ1) is 9.33. The lowest BCUT2D eigenvalue weighted by Crippen LogP contribution is -2.21. The monoisotopic (exact) mass is 277 g/mol. The number of rotatable bonds is 8. The molecule has 0 amide bonds. The fraction of sp³-hybridized carbons (Fsp3) is 0.533. The topological polar surface area (TPSA) is 29.9 Å². The van der Waals surface area contributed by atoms with Crippen LogP contribution in [0.15, 0.2) is 30.2 Å². The second-order valence-electron chi connectivity index (χ2n) is 4.88. The van der Waals surface area contributed by atoms with E-state index in [2.05, 4.69) is 47.2 Å². The summed E-state index contributed by atoms with van der Waals surface area (Å²) in [7, 11) is 0. The van der Waals surface area contributed by atoms with E-state index in [-0.39, 0.29) is 0 Å². The Morgan fingerprint density at radius 3 is 2.95 bits per heavy atom. The molecule has 2 rings (SSSR count). The summed E-state index contributed by atoms with van der Waals surface area (Å²) >= 11 is 1.71. The summed E-state index contributed by atoms with van der Waals surface area (Å²) in [6.07, 6.45) is 9.98. The zero-order chi connectivity index (χ0) is 13.5. The van der Waals surface area contributed by atoms with Gasteiger partial charge in [0.15, 0.2) is 0 Å². The SMILES string of the molecule is CCCNC(CCC)c1ccn(Cc2cncs2)c1. The number of hydrogen-bond donors (Lipinski definition) is 1. The molecule has 0 aliphatic rings. The number of nitrogens with one attached hydrogen (secondary N) is 1. The Morgan fingerprint density at radius 1 is 1.37 bits per heavy atom. The highest BCUT2D eigenvalue weighted by Crippen LogP contribution is 2.20. The average Bonchev–Trinajstić information content (AvgIpc) is 3.07. The van der Waals surface area contributed by atoms with Crippen LogP contribution < -0.4 is 5.32 Å². The standard InChI is InChI=1S/C15H23N3S/c1-3-5-15(17-7-4-2)13-6-8-18(10-13)11-14-9-16-12-19-14/h6,8-10,12,15,17H,3-5,7,11H2,1-2H3. The fourth-order valence-electron chi connectivity index (χ4n) is 2.26. The predicted octanol–water partition coefficient (Wildman–Crippen LogP) is 3.83. The van der Waals surface area contributed by atoms with Gasteiger partial charge in [0.1, 0.15) is 0 Å². The quantitative estimate of drug-likeness (QED) is 0.794. The summed E-state index contributed by atoms with van der Waals surface area (Å²) in [6.45, 7) is 6.47. The van der Waals surface area contributed by atoms with Crippen molar-refractivity contribution in [2.45, 2.75) is 45.7 Å². The maximum absolute atomic E-state index is 4.12. The van der Waals surface area contributed by atoms with E-state index in [4.69, 9.17) is 0 Å². The van der Waals surface area contributed by atoms with Gasteiger partial charge in [0.05, 0.1) is 12.1 Å². The summed E-state index contributed by atoms with van der Waals surface area (Å²) in [5, 5.41) is 3.64. The molecule has 2 heterocycles. The van der Waals surface area contributed by atoms with Crippen LogP contribution in [-0.2, 0) is 6.54 Å². The van der Waals surface area contributed by atoms with Crippen molar-refractivity contribution in [3.8, 4) is 0 Å². The van der Waals surface area contributed by atoms with Gasteiger partial charge < -0.3 is 9.88 Å². The summed E-state index contributed by atoms with van der Waals surface area (Å²) in [5.41, 5.74) is 3.29. The molecule has 2 aromatic rings. The molecule has 1 atom stereocenters. The summed E-state index contributed by atoms with van der Waals surface area (Å²) in [4.78, 5) is 5.42. The van der Waals surface area contributed by atoms with Gasteiger partial charge in [-0.2, -0.15) is 0 Å². The Kier molecular flexibility index (Phi) is 5.61. The number of hydrogen-bond acceptors (Lipinski definition) is 3. The highest BCUT2D eigenvalue weighted by molar-refractivity contribution is 7.09. The molecule has 0 bridgehead atoms. The first-order valence-corrected chi connectivity index (χ1v) is 7.97. The summed E-state index contributed by atoms with van der Waals surface area (Å²) in [5.74, 6) is 0. The van der Waals surface area contributed by atoms with Crippen LogP contribution in [0.5, 0.6) is 0 Å². The van der Waals surface area contributed by atoms with Crippen LogP contribution in [-0.4, -0.2) is 16.1 Å². The van der Waals surface area contributed by atoms with Gasteiger partial charge in [-0.15, -0.1) is 11.3 Å². The lowest BCUT2D eigenvalue weighted by atomic mass is 10.1. The molecule has 0 spiro atoms. The van der Waals surface area contributed by atoms with Gasteiger partial charge in [0.2, 0.25) is 0 Å². The van der Waals surface area contributed by atoms with Crippen molar-refractivity contribution in [2.75, 3.05) is 6.54 Å². The van der Waals surface area contributed by atoms with Crippen LogP contribution in [0, 0.1) is 0 Å². The van der Waals surface area contributed by atoms with Crippen LogP contribution in [0.2, 0.25) is 0 Å². The minimum absolute atomic E-state index is 0.493. The second kappa shape index (κ2) is 7.46. The molecule has 19 heavy (non-hydrogen) atoms. The van der Waals surface area contributed by atoms with E-state index in [1.807, 2.05) is 11.7 Å². The van der Waals surface area contributed by atoms with Gasteiger partial charge in [-0.25, -0.2) is 0 Å². The third-order valence-electron chi connectivity index (χ3n) is 3.22. The zero-order valence-electron chi connectivity index (χ0n) is 11.8. The van der Waals surface area contributed by atoms with Gasteiger partial charge in [-0.3, -0.25) is 4.98 Å². The first kappa shape index (κ1) is 14.3. The van der Waals surface area contributed by atoms with Crippen LogP contribution in [0.1, 0.15) is 49.6 Å². The van der Waals surface area contributed by atoms with E-state index < -0.39 is 0 Å². The largest absolute Gasteiger partial charge is 0.349 e. The maximum atomic E-state index is 4.12. The molecule has 0 radical (unpaired) electrons. The fourth-order valence-corrected chi connectivity index (χ4v) is 2.86. The maximum Gasteiger partial charge on any atom is 0.0794 e. The predicted molar refractivity (Wildman–Crippen MR) is 81.6 cm³/mol. The Labute approximate surface area is 119 Å². The van der Waals surface area contributed by atoms with Crippen molar-refractivity contribution in [3.05, 3.63) is 40.6 Å². The molecule has 1 N–H and O–H groups in total. The lowest BCUT2D eigenvalue weighted by molar-refractivity contribution is 0.493. The Balaban J connectivity index is 2.00. The van der Waals surface area contributed by atoms with E-state index in [0.717, 1.165) is 13.1 Å². The summed E-state index contributed by atoms with van der Waals surface area (Å²) in [6, 6.07) is 2.73. The van der Waals surface area contributed by atoms with Crippen molar-refractivity contribution >= 4 is 11.3 Å². The molecule has 104 valence electrons. The van der Waals surface area contributed by atoms with Gasteiger partial charge in [0, 0.05) is 29.5 Å². The van der Waals surface area contributed by atoms with Crippen LogP contribution >= 0.6 is 11.3 Å². The van der Waals surface area contributed by atoms with Gasteiger partial charge in [-0.05, 0) is 31.0 Å². The molecular formula is C15H23N3S. The smallest absolute Gasteiger partial charge is 0.0794 e. The molecule has 0 aliphatic heterocycles. The van der Waals surface area contributed by atoms with Crippen LogP contribution in [0.25, 0.3) is 0 Å². The normalized spacial score (nSPS) is 12.7. The highest BCUT2D eigenvalue weighted by Gasteiger charge is 2.11. The molecule has 4 heteroatoms. The van der Waals surface area contributed by atoms with Crippen molar-refractivity contribution in [1.82, 2.24) is 14.9 Å². The molecule has 3 nitrogen and oxygen atoms in total. The Hall–Kier alpha value is -1.13. The summed E-state index contributed by atoms with van der Waals surface area (Å²) < 4.78 is 2.25.